The number of aromatic hydroxyl groups is 4. The predicted molar refractivity (Wildman–Crippen MR) is 493 cm³/mol. The molecule has 45 nitrogen and oxygen atoms in total. The van der Waals surface area contributed by atoms with Gasteiger partial charge in [0.15, 0.2) is 29.3 Å². The number of carbonyl (C=O) groups excluding carboxylic acids is 9. The van der Waals surface area contributed by atoms with Crippen molar-refractivity contribution in [2.24, 2.45) is 23.1 Å². The molecule has 0 saturated carbocycles. The minimum atomic E-state index is -2.55. The van der Waals surface area contributed by atoms with E-state index in [0.717, 1.165) is 111 Å². The Kier molecular flexibility index (Phi) is 34.0. The van der Waals surface area contributed by atoms with E-state index in [1.54, 1.807) is 4.90 Å². The summed E-state index contributed by atoms with van der Waals surface area (Å²) in [5.74, 6) is -17.9. The molecule has 9 aliphatic rings. The first kappa shape index (κ1) is 105. The number of nitrogens with two attached hydrogens (primary N) is 3. The van der Waals surface area contributed by atoms with E-state index in [4.69, 9.17) is 83.0 Å². The predicted octanol–water partition coefficient (Wildman–Crippen LogP) is -0.730. The molecule has 141 heavy (non-hydrogen) atoms. The van der Waals surface area contributed by atoms with Gasteiger partial charge in [0, 0.05) is 82.3 Å². The average molecular weight is 2010 g/mol. The van der Waals surface area contributed by atoms with Crippen LogP contribution in [0.2, 0.25) is 10.0 Å². The highest BCUT2D eigenvalue weighted by Crippen LogP contribution is 2.51. The Morgan fingerprint density at radius 3 is 1.70 bits per heavy atom. The van der Waals surface area contributed by atoms with Gasteiger partial charge in [0.25, 0.3) is 0 Å². The molecule has 0 aliphatic carbocycles. The van der Waals surface area contributed by atoms with Crippen LogP contribution in [0.15, 0.2) is 115 Å². The van der Waals surface area contributed by atoms with E-state index in [-0.39, 0.29) is 90.2 Å². The molecule has 0 aromatic heterocycles. The van der Waals surface area contributed by atoms with Crippen molar-refractivity contribution in [3.63, 3.8) is 0 Å². The molecule has 29 N–H and O–H groups in total. The van der Waals surface area contributed by atoms with Crippen LogP contribution in [0.3, 0.4) is 0 Å². The number of amides is 9. The van der Waals surface area contributed by atoms with Crippen LogP contribution in [-0.4, -0.2) is 293 Å². The van der Waals surface area contributed by atoms with E-state index in [0.29, 0.717) is 18.8 Å². The Hall–Kier alpha value is -12.2. The fourth-order valence-electron chi connectivity index (χ4n) is 17.6. The Morgan fingerprint density at radius 2 is 1.07 bits per heavy atom. The number of ether oxygens (including phenoxy) is 9. The molecule has 9 amide bonds. The largest absolute Gasteiger partial charge is 0.508 e. The van der Waals surface area contributed by atoms with E-state index < -0.39 is 304 Å². The fourth-order valence-corrected chi connectivity index (χ4v) is 18.1. The van der Waals surface area contributed by atoms with E-state index >= 15 is 28.8 Å². The lowest BCUT2D eigenvalue weighted by molar-refractivity contribution is -0.284. The smallest absolute Gasteiger partial charge is 0.248 e. The number of fused-ring (bicyclic) bond motifs is 14. The number of carbonyl (C=O) groups is 9. The number of benzene rings is 7. The molecule has 47 heteroatoms. The maximum Gasteiger partial charge on any atom is 0.248 e. The first-order valence-electron chi connectivity index (χ1n) is 45.6. The third-order valence-corrected chi connectivity index (χ3v) is 25.6. The van der Waals surface area contributed by atoms with E-state index in [1.165, 1.54) is 30.3 Å². The number of halogens is 2. The van der Waals surface area contributed by atoms with Crippen LogP contribution in [0, 0.1) is 5.92 Å². The summed E-state index contributed by atoms with van der Waals surface area (Å²) in [7, 11) is 0. The van der Waals surface area contributed by atoms with Gasteiger partial charge in [-0.25, -0.2) is 0 Å². The lowest BCUT2D eigenvalue weighted by Crippen LogP contribution is -2.65. The molecule has 0 unspecified atom stereocenters. The van der Waals surface area contributed by atoms with Gasteiger partial charge in [0.05, 0.1) is 29.9 Å². The molecular weight excluding hydrogens is 1890 g/mol. The molecule has 3 fully saturated rings. The second-order valence-electron chi connectivity index (χ2n) is 35.6. The molecule has 9 aliphatic heterocycles. The lowest BCUT2D eigenvalue weighted by atomic mass is 9.89. The van der Waals surface area contributed by atoms with Crippen molar-refractivity contribution < 1.29 is 157 Å². The Morgan fingerprint density at radius 1 is 0.511 bits per heavy atom. The molecule has 0 radical (unpaired) electrons. The summed E-state index contributed by atoms with van der Waals surface area (Å²) in [4.78, 5) is 143. The SMILES string of the molecule is CC(=O)N[C@@H]1[C@H](O[C@@H]2c3ccc(c(Cl)c3)Oc3cc4cc(c3O[C@@H]3O[C@@H](CO)[C@@H](O)[C@H](O)[C@@H]3NC(=O)CCCCCCC(C)C)Oc3ccc(cc3Cl)C[C@H]3NC(=O)[C@H](N)c5ccc(O)c(c5)Oc5cc(O)cc(c5)[C@H](NC3=O)C(=O)N[C@H]4C(=O)N[C@H]3C(=O)N[C@@H]2C(=O)N[C@H](C(=O)NCCN(CCN)CCN)c2cc(O)cc(O[C@H]4O[C@H](CO)[C@@H](O)[C@@H](O)[C@@H]4O)c2-c2cc3ccc2O)O[C@@H](CO)[C@@H](O)[C@@H]1O. The van der Waals surface area contributed by atoms with Gasteiger partial charge in [0.2, 0.25) is 71.5 Å². The van der Waals surface area contributed by atoms with Gasteiger partial charge >= 0.3 is 0 Å². The highest BCUT2D eigenvalue weighted by Gasteiger charge is 2.53. The van der Waals surface area contributed by atoms with E-state index in [9.17, 15) is 85.9 Å². The fraction of sp³-hybridized carbons (Fsp3) is 0.457. The van der Waals surface area contributed by atoms with Gasteiger partial charge in [-0.2, -0.15) is 0 Å². The third kappa shape index (κ3) is 23.9. The zero-order chi connectivity index (χ0) is 101. The minimum Gasteiger partial charge on any atom is -0.508 e. The summed E-state index contributed by atoms with van der Waals surface area (Å²) in [6.45, 7) is 2.43. The molecule has 3 saturated heterocycles. The van der Waals surface area contributed by atoms with Gasteiger partial charge in [0.1, 0.15) is 162 Å². The summed E-state index contributed by atoms with van der Waals surface area (Å²) in [5, 5.41) is 184. The number of phenolic OH excluding ortho intramolecular Hbond substituents is 4. The topological polar surface area (TPSA) is 709 Å². The Bertz CT molecular complexity index is 5770. The van der Waals surface area contributed by atoms with Crippen LogP contribution in [0.5, 0.6) is 69.0 Å². The van der Waals surface area contributed by atoms with Crippen LogP contribution < -0.4 is 88.7 Å². The van der Waals surface area contributed by atoms with Crippen molar-refractivity contribution in [2.45, 2.75) is 206 Å². The first-order valence-corrected chi connectivity index (χ1v) is 46.4. The number of aliphatic hydroxyl groups is 10. The van der Waals surface area contributed by atoms with Crippen LogP contribution in [0.4, 0.5) is 0 Å². The van der Waals surface area contributed by atoms with E-state index in [2.05, 4.69) is 61.7 Å². The molecule has 760 valence electrons. The molecule has 7 aromatic carbocycles. The molecule has 9 heterocycles. The number of unbranched alkanes of at least 4 members (excludes halogenated alkanes) is 3. The summed E-state index contributed by atoms with van der Waals surface area (Å²) in [6, 6.07) is 1.64. The number of hydrogen-bond donors (Lipinski definition) is 26. The normalized spacial score (nSPS) is 27.8. The number of phenols is 4. The van der Waals surface area contributed by atoms with E-state index in [1.807, 2.05) is 0 Å². The van der Waals surface area contributed by atoms with Crippen LogP contribution in [0.25, 0.3) is 11.1 Å². The first-order chi connectivity index (χ1) is 67.3. The second-order valence-corrected chi connectivity index (χ2v) is 36.4. The summed E-state index contributed by atoms with van der Waals surface area (Å²) in [6.07, 6.45) is -25.8. The van der Waals surface area contributed by atoms with Gasteiger partial charge in [-0.15, -0.1) is 0 Å². The molecule has 17 bridgehead atoms. The van der Waals surface area contributed by atoms with Crippen molar-refractivity contribution in [2.75, 3.05) is 59.1 Å². The second kappa shape index (κ2) is 45.8. The van der Waals surface area contributed by atoms with Crippen molar-refractivity contribution in [1.82, 2.24) is 52.8 Å². The summed E-state index contributed by atoms with van der Waals surface area (Å²) >= 11 is 14.9. The average Bonchev–Trinajstić information content (AvgIpc) is 0.758. The lowest BCUT2D eigenvalue weighted by Gasteiger charge is -2.44. The number of nitrogens with one attached hydrogen (secondary N) is 9. The third-order valence-electron chi connectivity index (χ3n) is 25.0. The highest BCUT2D eigenvalue weighted by molar-refractivity contribution is 6.32. The Balaban J connectivity index is 1.05. The van der Waals surface area contributed by atoms with Crippen LogP contribution in [0.1, 0.15) is 135 Å². The van der Waals surface area contributed by atoms with Crippen LogP contribution in [-0.2, 0) is 68.5 Å². The van der Waals surface area contributed by atoms with Gasteiger partial charge in [-0.3, -0.25) is 48.1 Å². The zero-order valence-corrected chi connectivity index (χ0v) is 77.7. The van der Waals surface area contributed by atoms with Crippen molar-refractivity contribution in [3.05, 3.63) is 164 Å². The zero-order valence-electron chi connectivity index (χ0n) is 76.2. The van der Waals surface area contributed by atoms with Gasteiger partial charge in [-0.1, -0.05) is 87.0 Å². The van der Waals surface area contributed by atoms with Gasteiger partial charge in [-0.05, 0) is 130 Å². The maximum absolute atomic E-state index is 17.2. The Labute approximate surface area is 815 Å². The molecule has 16 rings (SSSR count). The van der Waals surface area contributed by atoms with Crippen LogP contribution >= 0.6 is 23.2 Å². The minimum absolute atomic E-state index is 0.0113. The number of hydrogen-bond acceptors (Lipinski definition) is 36. The summed E-state index contributed by atoms with van der Waals surface area (Å²) < 4.78 is 58.3. The molecule has 7 aromatic rings. The number of aliphatic hydroxyl groups excluding tert-OH is 10. The molecule has 0 spiro atoms. The highest BCUT2D eigenvalue weighted by atomic mass is 35.5. The quantitative estimate of drug-likeness (QED) is 0.0297. The summed E-state index contributed by atoms with van der Waals surface area (Å²) in [5.41, 5.74) is 15.2. The number of rotatable bonds is 26. The van der Waals surface area contributed by atoms with Crippen molar-refractivity contribution in [3.8, 4) is 80.1 Å². The van der Waals surface area contributed by atoms with Crippen molar-refractivity contribution >= 4 is 76.4 Å². The number of nitrogens with zero attached hydrogens (tertiary/aromatic N) is 1. The van der Waals surface area contributed by atoms with Gasteiger partial charge < -0.3 is 179 Å². The molecular formula is C94H113Cl2N13O32. The molecule has 23 atom stereocenters. The van der Waals surface area contributed by atoms with Crippen molar-refractivity contribution in [1.29, 1.82) is 0 Å². The maximum atomic E-state index is 17.2. The monoisotopic (exact) mass is 2010 g/mol. The standard InChI is InChI=1S/C94H113Cl2N13O32/c1-39(2)8-6-4-5-7-9-66(118)103-74-80(123)77(120)64(37-111)138-93(74)141-84-61-31-46-32-62(84)135-58-17-13-44(29-53(58)96)83(140-92-73(101-40(3)113)79(122)76(119)63(36-110)137-92)75-91(132)107-72(87(128)100-20-23-109(21-18-97)22-19-98)51-34-48(115)35-60(136-94-82(125)81(124)78(121)65(38-112)139-94)67(51)50-28-43(12-14-55(50)116)69(88(129)108-75)105-90(131)71(46)106-89(130)70-45-26-47(114)33-49(27-45)133-59-30-42(11-15-56(59)117)68(99)86(127)102-54(85(126)104-70)25-41-10-16-57(134-61)52(95)24-41/h10-17,24,26-35,39,54,63-65,68-83,92-94,110-112,114-117,119-125H,4-9,18-23,25,36-38,97-99H2,1-3H3,(H,100,128)(H,101,113)(H,102,127)(H,103,118)(H,104,126)(H,105,131)(H,106,130)(H,107,132)(H,108,129)/t54-,63+,64+,65-,68-,69-,70+,71-,72+,73+,74+,75+,76-,77-,78-,79-,80-,81-,82+,83-,92+,93+,94+/m1/s1.